The number of carboxylic acids is 1. The number of ether oxygens (including phenoxy) is 1. The fourth-order valence-electron chi connectivity index (χ4n) is 2.06. The van der Waals surface area contributed by atoms with Gasteiger partial charge in [-0.1, -0.05) is 37.3 Å². The standard InChI is InChI=1S/C15H21NO4/c1-4-12(11-8-6-5-7-9-11)13(17)16-15(2,10-20-3)14(18)19/h5-9,12H,4,10H2,1-3H3,(H,16,17)(H,18,19). The largest absolute Gasteiger partial charge is 0.479 e. The molecule has 0 bridgehead atoms. The van der Waals surface area contributed by atoms with Crippen LogP contribution in [0.3, 0.4) is 0 Å². The summed E-state index contributed by atoms with van der Waals surface area (Å²) in [6, 6.07) is 9.32. The molecule has 0 fully saturated rings. The number of carbonyl (C=O) groups is 2. The second-order valence-electron chi connectivity index (χ2n) is 4.93. The first-order valence-electron chi connectivity index (χ1n) is 6.54. The van der Waals surface area contributed by atoms with Crippen LogP contribution >= 0.6 is 0 Å². The third kappa shape index (κ3) is 3.81. The lowest BCUT2D eigenvalue weighted by Crippen LogP contribution is -2.56. The summed E-state index contributed by atoms with van der Waals surface area (Å²) in [5.74, 6) is -1.79. The third-order valence-electron chi connectivity index (χ3n) is 3.23. The van der Waals surface area contributed by atoms with Crippen LogP contribution in [0.2, 0.25) is 0 Å². The van der Waals surface area contributed by atoms with Crippen molar-refractivity contribution in [3.05, 3.63) is 35.9 Å². The van der Waals surface area contributed by atoms with Gasteiger partial charge >= 0.3 is 5.97 Å². The molecule has 0 heterocycles. The first kappa shape index (κ1) is 16.2. The van der Waals surface area contributed by atoms with E-state index in [9.17, 15) is 14.7 Å². The van der Waals surface area contributed by atoms with Crippen molar-refractivity contribution in [3.63, 3.8) is 0 Å². The number of rotatable bonds is 7. The zero-order valence-corrected chi connectivity index (χ0v) is 12.1. The quantitative estimate of drug-likeness (QED) is 0.798. The highest BCUT2D eigenvalue weighted by Crippen LogP contribution is 2.20. The second-order valence-corrected chi connectivity index (χ2v) is 4.93. The lowest BCUT2D eigenvalue weighted by molar-refractivity contribution is -0.149. The van der Waals surface area contributed by atoms with Crippen molar-refractivity contribution in [1.29, 1.82) is 0 Å². The Morgan fingerprint density at radius 2 is 1.95 bits per heavy atom. The van der Waals surface area contributed by atoms with Gasteiger partial charge in [0.05, 0.1) is 12.5 Å². The number of carbonyl (C=O) groups excluding carboxylic acids is 1. The average molecular weight is 279 g/mol. The van der Waals surface area contributed by atoms with Crippen LogP contribution in [0, 0.1) is 0 Å². The minimum Gasteiger partial charge on any atom is -0.479 e. The van der Waals surface area contributed by atoms with Gasteiger partial charge in [0.25, 0.3) is 0 Å². The van der Waals surface area contributed by atoms with E-state index in [0.717, 1.165) is 5.56 Å². The molecule has 0 aliphatic rings. The van der Waals surface area contributed by atoms with E-state index < -0.39 is 11.5 Å². The van der Waals surface area contributed by atoms with Crippen molar-refractivity contribution < 1.29 is 19.4 Å². The summed E-state index contributed by atoms with van der Waals surface area (Å²) in [6.07, 6.45) is 0.596. The van der Waals surface area contributed by atoms with E-state index in [-0.39, 0.29) is 18.4 Å². The summed E-state index contributed by atoms with van der Waals surface area (Å²) in [6.45, 7) is 3.25. The normalized spacial score (nSPS) is 15.2. The van der Waals surface area contributed by atoms with Crippen molar-refractivity contribution in [1.82, 2.24) is 5.32 Å². The predicted molar refractivity (Wildman–Crippen MR) is 75.5 cm³/mol. The van der Waals surface area contributed by atoms with Gasteiger partial charge in [-0.15, -0.1) is 0 Å². The summed E-state index contributed by atoms with van der Waals surface area (Å²) in [7, 11) is 1.40. The molecule has 1 amide bonds. The van der Waals surface area contributed by atoms with Crippen molar-refractivity contribution in [3.8, 4) is 0 Å². The zero-order chi connectivity index (χ0) is 15.2. The van der Waals surface area contributed by atoms with E-state index in [1.165, 1.54) is 14.0 Å². The highest BCUT2D eigenvalue weighted by molar-refractivity contribution is 5.90. The fourth-order valence-corrected chi connectivity index (χ4v) is 2.06. The molecule has 0 aliphatic heterocycles. The maximum atomic E-state index is 12.3. The first-order valence-corrected chi connectivity index (χ1v) is 6.54. The number of aliphatic carboxylic acids is 1. The Bertz CT molecular complexity index is 460. The van der Waals surface area contributed by atoms with Gasteiger partial charge in [0.2, 0.25) is 5.91 Å². The molecular formula is C15H21NO4. The number of nitrogens with one attached hydrogen (secondary N) is 1. The monoisotopic (exact) mass is 279 g/mol. The number of amides is 1. The van der Waals surface area contributed by atoms with Gasteiger partial charge in [0.15, 0.2) is 5.54 Å². The van der Waals surface area contributed by atoms with E-state index in [1.54, 1.807) is 0 Å². The Balaban J connectivity index is 2.90. The molecule has 2 atom stereocenters. The maximum absolute atomic E-state index is 12.3. The summed E-state index contributed by atoms with van der Waals surface area (Å²) >= 11 is 0. The Kier molecular flexibility index (Phi) is 5.70. The molecule has 0 saturated heterocycles. The Hall–Kier alpha value is -1.88. The molecule has 0 aliphatic carbocycles. The fraction of sp³-hybridized carbons (Fsp3) is 0.467. The van der Waals surface area contributed by atoms with Crippen molar-refractivity contribution in [2.75, 3.05) is 13.7 Å². The van der Waals surface area contributed by atoms with E-state index in [1.807, 2.05) is 37.3 Å². The van der Waals surface area contributed by atoms with Gasteiger partial charge in [0, 0.05) is 7.11 Å². The summed E-state index contributed by atoms with van der Waals surface area (Å²) in [5.41, 5.74) is -0.550. The molecule has 0 spiro atoms. The Morgan fingerprint density at radius 1 is 1.35 bits per heavy atom. The van der Waals surface area contributed by atoms with Crippen molar-refractivity contribution in [2.24, 2.45) is 0 Å². The maximum Gasteiger partial charge on any atom is 0.331 e. The lowest BCUT2D eigenvalue weighted by Gasteiger charge is -2.27. The number of hydrogen-bond acceptors (Lipinski definition) is 3. The van der Waals surface area contributed by atoms with Gasteiger partial charge in [-0.2, -0.15) is 0 Å². The molecule has 1 aromatic carbocycles. The first-order chi connectivity index (χ1) is 9.44. The van der Waals surface area contributed by atoms with Crippen LogP contribution in [0.5, 0.6) is 0 Å². The van der Waals surface area contributed by atoms with Gasteiger partial charge < -0.3 is 15.2 Å². The number of benzene rings is 1. The van der Waals surface area contributed by atoms with Crippen molar-refractivity contribution in [2.45, 2.75) is 31.7 Å². The molecule has 5 nitrogen and oxygen atoms in total. The Morgan fingerprint density at radius 3 is 2.40 bits per heavy atom. The molecule has 0 saturated carbocycles. The van der Waals surface area contributed by atoms with Crippen LogP contribution in [0.25, 0.3) is 0 Å². The lowest BCUT2D eigenvalue weighted by atomic mass is 9.93. The summed E-state index contributed by atoms with van der Waals surface area (Å²) < 4.78 is 4.89. The van der Waals surface area contributed by atoms with E-state index in [0.29, 0.717) is 6.42 Å². The SMILES string of the molecule is CCC(C(=O)NC(C)(COC)C(=O)O)c1ccccc1. The molecule has 0 aromatic heterocycles. The van der Waals surface area contributed by atoms with Crippen LogP contribution in [-0.2, 0) is 14.3 Å². The molecule has 0 radical (unpaired) electrons. The smallest absolute Gasteiger partial charge is 0.331 e. The topological polar surface area (TPSA) is 75.6 Å². The molecule has 2 unspecified atom stereocenters. The number of carboxylic acid groups (broad SMARTS) is 1. The van der Waals surface area contributed by atoms with Gasteiger partial charge in [-0.05, 0) is 18.9 Å². The van der Waals surface area contributed by atoms with Crippen molar-refractivity contribution >= 4 is 11.9 Å². The minimum atomic E-state index is -1.42. The van der Waals surface area contributed by atoms with E-state index in [2.05, 4.69) is 5.32 Å². The predicted octanol–water partition coefficient (Wildman–Crippen LogP) is 1.79. The molecule has 20 heavy (non-hydrogen) atoms. The van der Waals surface area contributed by atoms with Crippen LogP contribution < -0.4 is 5.32 Å². The molecular weight excluding hydrogens is 258 g/mol. The summed E-state index contributed by atoms with van der Waals surface area (Å²) in [5, 5.41) is 11.8. The highest BCUT2D eigenvalue weighted by atomic mass is 16.5. The number of methoxy groups -OCH3 is 1. The van der Waals surface area contributed by atoms with E-state index in [4.69, 9.17) is 4.74 Å². The molecule has 1 rings (SSSR count). The third-order valence-corrected chi connectivity index (χ3v) is 3.23. The highest BCUT2D eigenvalue weighted by Gasteiger charge is 2.36. The average Bonchev–Trinajstić information content (AvgIpc) is 2.40. The summed E-state index contributed by atoms with van der Waals surface area (Å²) in [4.78, 5) is 23.6. The molecule has 2 N–H and O–H groups in total. The Labute approximate surface area is 118 Å². The van der Waals surface area contributed by atoms with Gasteiger partial charge in [0.1, 0.15) is 0 Å². The number of hydrogen-bond donors (Lipinski definition) is 2. The molecule has 1 aromatic rings. The minimum absolute atomic E-state index is 0.0840. The zero-order valence-electron chi connectivity index (χ0n) is 12.1. The van der Waals surface area contributed by atoms with E-state index >= 15 is 0 Å². The van der Waals surface area contributed by atoms with Crippen LogP contribution in [0.4, 0.5) is 0 Å². The molecule has 5 heteroatoms. The van der Waals surface area contributed by atoms with Gasteiger partial charge in [-0.3, -0.25) is 4.79 Å². The second kappa shape index (κ2) is 7.05. The van der Waals surface area contributed by atoms with Crippen LogP contribution in [0.1, 0.15) is 31.7 Å². The van der Waals surface area contributed by atoms with Crippen LogP contribution in [-0.4, -0.2) is 36.2 Å². The van der Waals surface area contributed by atoms with Crippen LogP contribution in [0.15, 0.2) is 30.3 Å². The van der Waals surface area contributed by atoms with Gasteiger partial charge in [-0.25, -0.2) is 4.79 Å². The molecule has 110 valence electrons.